The number of hydrogen-bond donors (Lipinski definition) is 1. The molecule has 2 rings (SSSR count). The molecular formula is C21H27NO2. The average molecular weight is 325 g/mol. The minimum Gasteiger partial charge on any atom is -0.496 e. The van der Waals surface area contributed by atoms with Gasteiger partial charge in [0.2, 0.25) is 5.91 Å². The number of amides is 1. The molecule has 2 aromatic rings. The minimum absolute atomic E-state index is 0.0232. The van der Waals surface area contributed by atoms with Gasteiger partial charge in [-0.2, -0.15) is 0 Å². The predicted octanol–water partition coefficient (Wildman–Crippen LogP) is 4.43. The third-order valence-electron chi connectivity index (χ3n) is 4.38. The molecule has 0 bridgehead atoms. The van der Waals surface area contributed by atoms with E-state index in [0.717, 1.165) is 23.3 Å². The summed E-state index contributed by atoms with van der Waals surface area (Å²) >= 11 is 0. The van der Waals surface area contributed by atoms with Gasteiger partial charge < -0.3 is 10.1 Å². The van der Waals surface area contributed by atoms with Gasteiger partial charge in [0.1, 0.15) is 5.75 Å². The fourth-order valence-corrected chi connectivity index (χ4v) is 2.97. The van der Waals surface area contributed by atoms with Crippen LogP contribution in [0.4, 0.5) is 0 Å². The molecule has 1 amide bonds. The Labute approximate surface area is 145 Å². The monoisotopic (exact) mass is 325 g/mol. The van der Waals surface area contributed by atoms with E-state index in [-0.39, 0.29) is 11.9 Å². The zero-order chi connectivity index (χ0) is 17.7. The van der Waals surface area contributed by atoms with E-state index in [1.807, 2.05) is 26.0 Å². The van der Waals surface area contributed by atoms with Crippen LogP contribution in [0.3, 0.4) is 0 Å². The average Bonchev–Trinajstić information content (AvgIpc) is 2.55. The number of aryl methyl sites for hydroxylation is 4. The van der Waals surface area contributed by atoms with Crippen molar-refractivity contribution in [1.29, 1.82) is 0 Å². The highest BCUT2D eigenvalue weighted by atomic mass is 16.5. The van der Waals surface area contributed by atoms with Crippen LogP contribution in [0.1, 0.15) is 47.2 Å². The molecule has 0 radical (unpaired) electrons. The molecule has 0 saturated heterocycles. The Morgan fingerprint density at radius 3 is 2.50 bits per heavy atom. The molecule has 2 aromatic carbocycles. The molecule has 0 aliphatic carbocycles. The highest BCUT2D eigenvalue weighted by molar-refractivity contribution is 5.76. The Kier molecular flexibility index (Phi) is 6.02. The Balaban J connectivity index is 1.93. The van der Waals surface area contributed by atoms with Crippen LogP contribution in [0, 0.1) is 20.8 Å². The van der Waals surface area contributed by atoms with Crippen LogP contribution in [0.5, 0.6) is 5.75 Å². The van der Waals surface area contributed by atoms with E-state index in [9.17, 15) is 4.79 Å². The lowest BCUT2D eigenvalue weighted by Crippen LogP contribution is -2.27. The molecule has 3 heteroatoms. The van der Waals surface area contributed by atoms with Crippen molar-refractivity contribution in [2.24, 2.45) is 0 Å². The first-order chi connectivity index (χ1) is 11.4. The standard InChI is InChI=1S/C21H27NO2/c1-14-6-7-15(2)19(12-14)17(4)22-21(23)11-9-18-8-10-20(24-5)16(3)13-18/h6-8,10,12-13,17H,9,11H2,1-5H3,(H,22,23). The maximum atomic E-state index is 12.3. The molecule has 3 nitrogen and oxygen atoms in total. The Morgan fingerprint density at radius 1 is 1.08 bits per heavy atom. The highest BCUT2D eigenvalue weighted by Gasteiger charge is 2.12. The van der Waals surface area contributed by atoms with Crippen molar-refractivity contribution >= 4 is 5.91 Å². The first-order valence-electron chi connectivity index (χ1n) is 8.40. The fraction of sp³-hybridized carbons (Fsp3) is 0.381. The summed E-state index contributed by atoms with van der Waals surface area (Å²) in [5, 5.41) is 3.11. The van der Waals surface area contributed by atoms with Crippen LogP contribution in [0.2, 0.25) is 0 Å². The van der Waals surface area contributed by atoms with E-state index in [1.54, 1.807) is 7.11 Å². The summed E-state index contributed by atoms with van der Waals surface area (Å²) in [6.07, 6.45) is 1.22. The van der Waals surface area contributed by atoms with Crippen LogP contribution in [-0.2, 0) is 11.2 Å². The molecule has 0 fully saturated rings. The SMILES string of the molecule is COc1ccc(CCC(=O)NC(C)c2cc(C)ccc2C)cc1C. The summed E-state index contributed by atoms with van der Waals surface area (Å²) in [5.74, 6) is 0.962. The normalized spacial score (nSPS) is 11.9. The lowest BCUT2D eigenvalue weighted by atomic mass is 9.99. The lowest BCUT2D eigenvalue weighted by Gasteiger charge is -2.17. The van der Waals surface area contributed by atoms with Crippen molar-refractivity contribution < 1.29 is 9.53 Å². The van der Waals surface area contributed by atoms with Gasteiger partial charge in [-0.15, -0.1) is 0 Å². The number of nitrogens with one attached hydrogen (secondary N) is 1. The first kappa shape index (κ1) is 18.1. The number of ether oxygens (including phenoxy) is 1. The van der Waals surface area contributed by atoms with Crippen LogP contribution in [0.25, 0.3) is 0 Å². The Morgan fingerprint density at radius 2 is 1.83 bits per heavy atom. The van der Waals surface area contributed by atoms with Gasteiger partial charge in [0, 0.05) is 6.42 Å². The van der Waals surface area contributed by atoms with Gasteiger partial charge in [0.15, 0.2) is 0 Å². The molecule has 1 unspecified atom stereocenters. The maximum absolute atomic E-state index is 12.3. The van der Waals surface area contributed by atoms with E-state index < -0.39 is 0 Å². The van der Waals surface area contributed by atoms with Gasteiger partial charge in [-0.05, 0) is 62.4 Å². The second kappa shape index (κ2) is 8.00. The zero-order valence-electron chi connectivity index (χ0n) is 15.3. The quantitative estimate of drug-likeness (QED) is 0.853. The lowest BCUT2D eigenvalue weighted by molar-refractivity contribution is -0.121. The van der Waals surface area contributed by atoms with Gasteiger partial charge in [-0.1, -0.05) is 35.9 Å². The highest BCUT2D eigenvalue weighted by Crippen LogP contribution is 2.21. The van der Waals surface area contributed by atoms with Gasteiger partial charge >= 0.3 is 0 Å². The second-order valence-electron chi connectivity index (χ2n) is 6.45. The topological polar surface area (TPSA) is 38.3 Å². The van der Waals surface area contributed by atoms with Gasteiger partial charge in [-0.3, -0.25) is 4.79 Å². The van der Waals surface area contributed by atoms with E-state index >= 15 is 0 Å². The molecule has 0 heterocycles. The van der Waals surface area contributed by atoms with Crippen molar-refractivity contribution in [3.8, 4) is 5.75 Å². The maximum Gasteiger partial charge on any atom is 0.220 e. The number of carbonyl (C=O) groups excluding carboxylic acids is 1. The van der Waals surface area contributed by atoms with Crippen LogP contribution >= 0.6 is 0 Å². The number of methoxy groups -OCH3 is 1. The molecule has 0 aromatic heterocycles. The molecule has 0 saturated carbocycles. The van der Waals surface area contributed by atoms with Crippen LogP contribution < -0.4 is 10.1 Å². The predicted molar refractivity (Wildman–Crippen MR) is 98.5 cm³/mol. The summed E-state index contributed by atoms with van der Waals surface area (Å²) in [6.45, 7) is 8.21. The third-order valence-corrected chi connectivity index (χ3v) is 4.38. The van der Waals surface area contributed by atoms with E-state index in [0.29, 0.717) is 6.42 Å². The number of hydrogen-bond acceptors (Lipinski definition) is 2. The van der Waals surface area contributed by atoms with Crippen molar-refractivity contribution in [2.45, 2.75) is 46.6 Å². The zero-order valence-corrected chi connectivity index (χ0v) is 15.3. The molecule has 24 heavy (non-hydrogen) atoms. The molecule has 0 spiro atoms. The van der Waals surface area contributed by atoms with E-state index in [4.69, 9.17) is 4.74 Å². The molecule has 1 N–H and O–H groups in total. The second-order valence-corrected chi connectivity index (χ2v) is 6.45. The molecule has 0 aliphatic rings. The number of rotatable bonds is 6. The van der Waals surface area contributed by atoms with Gasteiger partial charge in [0.05, 0.1) is 13.2 Å². The van der Waals surface area contributed by atoms with Gasteiger partial charge in [-0.25, -0.2) is 0 Å². The smallest absolute Gasteiger partial charge is 0.220 e. The summed E-state index contributed by atoms with van der Waals surface area (Å²) in [4.78, 5) is 12.3. The van der Waals surface area contributed by atoms with Crippen molar-refractivity contribution in [3.63, 3.8) is 0 Å². The number of benzene rings is 2. The van der Waals surface area contributed by atoms with Crippen molar-refractivity contribution in [2.75, 3.05) is 7.11 Å². The summed E-state index contributed by atoms with van der Waals surface area (Å²) < 4.78 is 5.27. The molecule has 0 aliphatic heterocycles. The van der Waals surface area contributed by atoms with E-state index in [1.165, 1.54) is 16.7 Å². The summed E-state index contributed by atoms with van der Waals surface area (Å²) in [6, 6.07) is 12.4. The largest absolute Gasteiger partial charge is 0.496 e. The summed E-state index contributed by atoms with van der Waals surface area (Å²) in [5.41, 5.74) is 5.86. The third kappa shape index (κ3) is 4.60. The van der Waals surface area contributed by atoms with Crippen molar-refractivity contribution in [1.82, 2.24) is 5.32 Å². The minimum atomic E-state index is 0.0232. The fourth-order valence-electron chi connectivity index (χ4n) is 2.97. The summed E-state index contributed by atoms with van der Waals surface area (Å²) in [7, 11) is 1.67. The molecular weight excluding hydrogens is 298 g/mol. The first-order valence-corrected chi connectivity index (χ1v) is 8.40. The molecule has 1 atom stereocenters. The number of carbonyl (C=O) groups is 1. The van der Waals surface area contributed by atoms with Crippen LogP contribution in [-0.4, -0.2) is 13.0 Å². The van der Waals surface area contributed by atoms with Gasteiger partial charge in [0.25, 0.3) is 0 Å². The Bertz CT molecular complexity index is 722. The van der Waals surface area contributed by atoms with E-state index in [2.05, 4.69) is 43.4 Å². The van der Waals surface area contributed by atoms with Crippen LogP contribution in [0.15, 0.2) is 36.4 Å². The van der Waals surface area contributed by atoms with Crippen molar-refractivity contribution in [3.05, 3.63) is 64.2 Å². The Hall–Kier alpha value is -2.29. The molecule has 128 valence electrons.